The van der Waals surface area contributed by atoms with Crippen molar-refractivity contribution in [1.29, 1.82) is 0 Å². The first-order valence-electron chi connectivity index (χ1n) is 4.90. The van der Waals surface area contributed by atoms with E-state index in [1.807, 2.05) is 30.3 Å². The molecule has 84 valence electrons. The molecule has 0 amide bonds. The summed E-state index contributed by atoms with van der Waals surface area (Å²) in [6, 6.07) is 9.37. The van der Waals surface area contributed by atoms with Gasteiger partial charge in [0.15, 0.2) is 0 Å². The van der Waals surface area contributed by atoms with Crippen molar-refractivity contribution in [3.63, 3.8) is 0 Å². The fourth-order valence-corrected chi connectivity index (χ4v) is 1.92. The summed E-state index contributed by atoms with van der Waals surface area (Å²) in [7, 11) is 0. The number of β-amino-alcohol motifs (C(OH)–C–C–N with tert-alkyl or cyclic N) is 1. The molecule has 1 saturated heterocycles. The largest absolute Gasteiger partial charge is 0.388 e. The molecule has 3 nitrogen and oxygen atoms in total. The smallest absolute Gasteiger partial charge is 0.118 e. The number of aliphatic hydroxyl groups excluding tert-OH is 1. The molecule has 0 radical (unpaired) electrons. The van der Waals surface area contributed by atoms with Gasteiger partial charge in [0.1, 0.15) is 5.60 Å². The first kappa shape index (κ1) is 12.5. The number of piperidine rings is 1. The quantitative estimate of drug-likeness (QED) is 0.663. The molecule has 2 rings (SSSR count). The molecule has 0 unspecified atom stereocenters. The van der Waals surface area contributed by atoms with Gasteiger partial charge in [-0.05, 0) is 18.5 Å². The number of benzene rings is 1. The molecule has 0 spiro atoms. The average Bonchev–Trinajstić information content (AvgIpc) is 2.24. The van der Waals surface area contributed by atoms with Gasteiger partial charge in [0.05, 0.1) is 6.10 Å². The van der Waals surface area contributed by atoms with Gasteiger partial charge < -0.3 is 15.5 Å². The minimum atomic E-state index is -1.08. The highest BCUT2D eigenvalue weighted by Gasteiger charge is 2.39. The second-order valence-corrected chi connectivity index (χ2v) is 3.76. The van der Waals surface area contributed by atoms with E-state index in [0.29, 0.717) is 13.0 Å². The Labute approximate surface area is 95.5 Å². The van der Waals surface area contributed by atoms with Gasteiger partial charge in [-0.2, -0.15) is 0 Å². The molecule has 15 heavy (non-hydrogen) atoms. The number of rotatable bonds is 1. The standard InChI is InChI=1S/C11H15NO2.ClH/c13-10-8-12-7-6-11(10,14)9-4-2-1-3-5-9;/h1-5,10,12-14H,6-8H2;1H/t10-,11+;/m0./s1. The Morgan fingerprint density at radius 3 is 2.53 bits per heavy atom. The molecule has 1 fully saturated rings. The van der Waals surface area contributed by atoms with Gasteiger partial charge in [-0.15, -0.1) is 12.4 Å². The van der Waals surface area contributed by atoms with E-state index in [0.717, 1.165) is 12.1 Å². The molecule has 0 aromatic heterocycles. The lowest BCUT2D eigenvalue weighted by molar-refractivity contribution is -0.0976. The maximum absolute atomic E-state index is 10.3. The minimum Gasteiger partial charge on any atom is -0.388 e. The maximum atomic E-state index is 10.3. The van der Waals surface area contributed by atoms with Crippen LogP contribution in [-0.2, 0) is 5.60 Å². The third-order valence-corrected chi connectivity index (χ3v) is 2.85. The molecular formula is C11H16ClNO2. The van der Waals surface area contributed by atoms with Crippen molar-refractivity contribution in [1.82, 2.24) is 5.32 Å². The van der Waals surface area contributed by atoms with Gasteiger partial charge in [-0.1, -0.05) is 30.3 Å². The lowest BCUT2D eigenvalue weighted by Gasteiger charge is -2.37. The number of hydrogen-bond acceptors (Lipinski definition) is 3. The summed E-state index contributed by atoms with van der Waals surface area (Å²) in [6.07, 6.45) is -0.170. The van der Waals surface area contributed by atoms with Gasteiger partial charge in [-0.3, -0.25) is 0 Å². The Hall–Kier alpha value is -0.610. The van der Waals surface area contributed by atoms with Crippen molar-refractivity contribution < 1.29 is 10.2 Å². The van der Waals surface area contributed by atoms with Crippen LogP contribution in [0.25, 0.3) is 0 Å². The summed E-state index contributed by atoms with van der Waals surface area (Å²) in [4.78, 5) is 0. The highest BCUT2D eigenvalue weighted by Crippen LogP contribution is 2.30. The van der Waals surface area contributed by atoms with E-state index < -0.39 is 11.7 Å². The van der Waals surface area contributed by atoms with E-state index in [1.165, 1.54) is 0 Å². The highest BCUT2D eigenvalue weighted by molar-refractivity contribution is 5.85. The zero-order valence-corrected chi connectivity index (χ0v) is 9.20. The SMILES string of the molecule is Cl.O[C@H]1CNCC[C@@]1(O)c1ccccc1. The monoisotopic (exact) mass is 229 g/mol. The van der Waals surface area contributed by atoms with E-state index in [9.17, 15) is 10.2 Å². The Morgan fingerprint density at radius 2 is 1.93 bits per heavy atom. The third-order valence-electron chi connectivity index (χ3n) is 2.85. The molecule has 1 heterocycles. The Balaban J connectivity index is 0.00000112. The van der Waals surface area contributed by atoms with Crippen molar-refractivity contribution >= 4 is 12.4 Å². The van der Waals surface area contributed by atoms with Crippen LogP contribution in [0, 0.1) is 0 Å². The van der Waals surface area contributed by atoms with E-state index in [1.54, 1.807) is 0 Å². The zero-order chi connectivity index (χ0) is 10.0. The van der Waals surface area contributed by atoms with E-state index in [-0.39, 0.29) is 12.4 Å². The molecule has 3 N–H and O–H groups in total. The molecule has 0 aliphatic carbocycles. The van der Waals surface area contributed by atoms with Crippen LogP contribution in [0.4, 0.5) is 0 Å². The minimum absolute atomic E-state index is 0. The van der Waals surface area contributed by atoms with Crippen LogP contribution in [0.5, 0.6) is 0 Å². The second kappa shape index (κ2) is 4.94. The van der Waals surface area contributed by atoms with Crippen molar-refractivity contribution in [3.8, 4) is 0 Å². The van der Waals surface area contributed by atoms with Crippen LogP contribution in [-0.4, -0.2) is 29.4 Å². The molecule has 2 atom stereocenters. The predicted octanol–water partition coefficient (Wildman–Crippen LogP) is 0.650. The summed E-state index contributed by atoms with van der Waals surface area (Å²) in [5.74, 6) is 0. The van der Waals surface area contributed by atoms with E-state index in [2.05, 4.69) is 5.32 Å². The molecule has 1 aliphatic rings. The van der Waals surface area contributed by atoms with Crippen LogP contribution in [0.15, 0.2) is 30.3 Å². The van der Waals surface area contributed by atoms with E-state index in [4.69, 9.17) is 0 Å². The molecule has 1 aliphatic heterocycles. The van der Waals surface area contributed by atoms with Gasteiger partial charge in [0.2, 0.25) is 0 Å². The lowest BCUT2D eigenvalue weighted by Crippen LogP contribution is -2.51. The summed E-state index contributed by atoms with van der Waals surface area (Å²) in [5, 5.41) is 23.1. The summed E-state index contributed by atoms with van der Waals surface area (Å²) in [6.45, 7) is 1.19. The van der Waals surface area contributed by atoms with Crippen molar-refractivity contribution in [3.05, 3.63) is 35.9 Å². The summed E-state index contributed by atoms with van der Waals surface area (Å²) in [5.41, 5.74) is -0.277. The molecular weight excluding hydrogens is 214 g/mol. The lowest BCUT2D eigenvalue weighted by atomic mass is 9.83. The third kappa shape index (κ3) is 2.32. The van der Waals surface area contributed by atoms with Crippen LogP contribution < -0.4 is 5.32 Å². The number of hydrogen-bond donors (Lipinski definition) is 3. The zero-order valence-electron chi connectivity index (χ0n) is 8.39. The maximum Gasteiger partial charge on any atom is 0.118 e. The van der Waals surface area contributed by atoms with Gasteiger partial charge in [0.25, 0.3) is 0 Å². The first-order valence-corrected chi connectivity index (χ1v) is 4.90. The number of aliphatic hydroxyl groups is 2. The number of halogens is 1. The fraction of sp³-hybridized carbons (Fsp3) is 0.455. The Bertz CT molecular complexity index is 307. The Kier molecular flexibility index (Phi) is 4.11. The average molecular weight is 230 g/mol. The van der Waals surface area contributed by atoms with Gasteiger partial charge in [-0.25, -0.2) is 0 Å². The fourth-order valence-electron chi connectivity index (χ4n) is 1.92. The summed E-state index contributed by atoms with van der Waals surface area (Å²) >= 11 is 0. The topological polar surface area (TPSA) is 52.5 Å². The van der Waals surface area contributed by atoms with Crippen molar-refractivity contribution in [2.75, 3.05) is 13.1 Å². The highest BCUT2D eigenvalue weighted by atomic mass is 35.5. The molecule has 0 saturated carbocycles. The molecule has 0 bridgehead atoms. The molecule has 1 aromatic carbocycles. The van der Waals surface area contributed by atoms with Crippen LogP contribution in [0.1, 0.15) is 12.0 Å². The predicted molar refractivity (Wildman–Crippen MR) is 61.1 cm³/mol. The van der Waals surface area contributed by atoms with Crippen LogP contribution in [0.3, 0.4) is 0 Å². The second-order valence-electron chi connectivity index (χ2n) is 3.76. The van der Waals surface area contributed by atoms with Crippen molar-refractivity contribution in [2.45, 2.75) is 18.1 Å². The van der Waals surface area contributed by atoms with Gasteiger partial charge >= 0.3 is 0 Å². The normalized spacial score (nSPS) is 30.7. The van der Waals surface area contributed by atoms with Crippen molar-refractivity contribution in [2.24, 2.45) is 0 Å². The van der Waals surface area contributed by atoms with Crippen LogP contribution >= 0.6 is 12.4 Å². The van der Waals surface area contributed by atoms with Gasteiger partial charge in [0, 0.05) is 6.54 Å². The Morgan fingerprint density at radius 1 is 1.27 bits per heavy atom. The summed E-state index contributed by atoms with van der Waals surface area (Å²) < 4.78 is 0. The molecule has 4 heteroatoms. The number of nitrogens with one attached hydrogen (secondary N) is 1. The van der Waals surface area contributed by atoms with E-state index >= 15 is 0 Å². The molecule has 1 aromatic rings. The van der Waals surface area contributed by atoms with Crippen LogP contribution in [0.2, 0.25) is 0 Å². The first-order chi connectivity index (χ1) is 6.73.